The fraction of sp³-hybridized carbons (Fsp3) is 0.0222. The lowest BCUT2D eigenvalue weighted by Gasteiger charge is -2.36. The molecule has 0 aliphatic heterocycles. The van der Waals surface area contributed by atoms with Crippen LogP contribution < -0.4 is 62.2 Å². The molecule has 12 heteroatoms. The van der Waals surface area contributed by atoms with Gasteiger partial charge in [-0.25, -0.2) is 14.5 Å². The van der Waals surface area contributed by atoms with Crippen molar-refractivity contribution in [1.82, 2.24) is 13.7 Å². The molecule has 0 fully saturated rings. The highest BCUT2D eigenvalue weighted by molar-refractivity contribution is 7.21. The van der Waals surface area contributed by atoms with Gasteiger partial charge in [-0.3, -0.25) is 4.85 Å². The van der Waals surface area contributed by atoms with Crippen molar-refractivity contribution in [2.75, 3.05) is 0 Å². The third-order valence-corrected chi connectivity index (χ3v) is 42.7. The second-order valence-corrected chi connectivity index (χ2v) is 47.0. The molecule has 0 radical (unpaired) electrons. The van der Waals surface area contributed by atoms with Gasteiger partial charge in [0, 0.05) is 49.3 Å². The lowest BCUT2D eigenvalue weighted by atomic mass is 9.95. The quantitative estimate of drug-likeness (QED) is 0.0487. The molecule has 0 amide bonds. The van der Waals surface area contributed by atoms with Crippen LogP contribution in [0, 0.1) is 49.0 Å². The minimum absolute atomic E-state index is 0. The molecule has 0 atom stereocenters. The van der Waals surface area contributed by atoms with Gasteiger partial charge in [0.05, 0.1) is 76.2 Å². The Balaban J connectivity index is 0.000000137. The molecule has 0 unspecified atom stereocenters. The SMILES string of the molecule is C.C.C.N#Cc1c(-c2ccc([Si](c3ccccc3)(c3ccccc3)c3ccccc3)cc2)ccc(-n2c3ccccc3c3ccccc32)c1C#N.[C-]#[N+]c1cc(-n2c3ccccc3c3ccccc32)ccc1-c1cc([Si](c2ccccc2)(c2ccccc2)c2ccccc2)ccc1[N+]#[C-].[C-]#[N+]c1ccc([Si](c2ccccc2)(c2ccccc2)c2ccccc2)c(-c2ccc(-n3c4ccccc4c4ccccc43)cc2)c1[N+]#[C-]. The van der Waals surface area contributed by atoms with Gasteiger partial charge in [-0.1, -0.05) is 489 Å². The molecule has 0 spiro atoms. The highest BCUT2D eigenvalue weighted by atomic mass is 28.3. The Morgan fingerprint density at radius 2 is 0.483 bits per heavy atom. The second-order valence-electron chi connectivity index (χ2n) is 35.6. The van der Waals surface area contributed by atoms with E-state index in [1.165, 1.54) is 73.4 Å². The van der Waals surface area contributed by atoms with E-state index in [1.54, 1.807) is 0 Å². The predicted molar refractivity (Wildman–Crippen MR) is 624 cm³/mol. The van der Waals surface area contributed by atoms with Crippen molar-refractivity contribution < 1.29 is 0 Å². The molecule has 0 aliphatic carbocycles. The van der Waals surface area contributed by atoms with Crippen molar-refractivity contribution >= 4 is 175 Å². The summed E-state index contributed by atoms with van der Waals surface area (Å²) in [5, 5.41) is 43.0. The van der Waals surface area contributed by atoms with E-state index in [4.69, 9.17) is 26.3 Å². The molecule has 147 heavy (non-hydrogen) atoms. The Kier molecular flexibility index (Phi) is 27.7. The summed E-state index contributed by atoms with van der Waals surface area (Å²) >= 11 is 0. The summed E-state index contributed by atoms with van der Waals surface area (Å²) in [6.07, 6.45) is 0. The summed E-state index contributed by atoms with van der Waals surface area (Å²) in [4.78, 5) is 16.0. The molecule has 9 nitrogen and oxygen atoms in total. The molecule has 0 saturated carbocycles. The van der Waals surface area contributed by atoms with Crippen LogP contribution in [0.1, 0.15) is 33.4 Å². The van der Waals surface area contributed by atoms with Gasteiger partial charge in [-0.2, -0.15) is 10.5 Å². The summed E-state index contributed by atoms with van der Waals surface area (Å²) < 4.78 is 6.64. The van der Waals surface area contributed by atoms with E-state index >= 15 is 0 Å². The zero-order valence-corrected chi connectivity index (χ0v) is 81.3. The fourth-order valence-corrected chi connectivity index (χ4v) is 36.6. The second kappa shape index (κ2) is 42.2. The maximum Gasteiger partial charge on any atom is 0.202 e. The van der Waals surface area contributed by atoms with Crippen molar-refractivity contribution in [3.63, 3.8) is 0 Å². The van der Waals surface area contributed by atoms with E-state index in [9.17, 15) is 10.5 Å². The van der Waals surface area contributed by atoms with Crippen LogP contribution in [0.25, 0.3) is 135 Å². The molecule has 0 bridgehead atoms. The van der Waals surface area contributed by atoms with Gasteiger partial charge in [0.1, 0.15) is 12.1 Å². The first-order valence-corrected chi connectivity index (χ1v) is 53.8. The first-order chi connectivity index (χ1) is 71.2. The first kappa shape index (κ1) is 96.5. The van der Waals surface area contributed by atoms with Gasteiger partial charge < -0.3 is 13.7 Å². The number of nitriles is 2. The molecule has 0 saturated heterocycles. The molecular weight excluding hydrogens is 1830 g/mol. The Morgan fingerprint density at radius 3 is 0.823 bits per heavy atom. The third-order valence-electron chi connectivity index (χ3n) is 28.3. The van der Waals surface area contributed by atoms with Crippen molar-refractivity contribution in [1.29, 1.82) is 10.5 Å². The number of benzene rings is 21. The standard InChI is InChI=1S/3C44H29N3Si.3CH4/c1-45-41-29-27-36(48(33-16-6-3-7-17-33,34-18-8-4-9-19-34)35-20-10-5-11-21-35)31-40(41)37-28-26-32(30-42(37)46-2)47-43-24-14-12-22-38(43)39-23-13-15-25-44(39)47;1-45-39-30-31-42(48(34-16-6-3-7-17-34,35-18-8-4-9-19-35)36-20-10-5-11-21-36)43(44(39)46-2)32-26-28-33(29-27-32)47-40-24-14-12-22-37(40)38-23-13-15-25-41(38)47;45-30-40-37(28-29-44(41(40)31-46)47-42-22-12-10-20-38(42)39-21-11-13-23-43(39)47)32-24-26-36(27-25-32)48(33-14-4-1-5-15-33,34-16-6-2-7-17-34)35-18-8-3-9-19-35;;;/h2*3-31H;1-29H;3*1H4. The topological polar surface area (TPSA) is 79.8 Å². The molecule has 0 aliphatic rings. The van der Waals surface area contributed by atoms with Gasteiger partial charge in [0.25, 0.3) is 0 Å². The number of rotatable bonds is 18. The molecule has 696 valence electrons. The minimum atomic E-state index is -3.00. The van der Waals surface area contributed by atoms with E-state index in [0.29, 0.717) is 39.6 Å². The number of nitrogens with zero attached hydrogens (tertiary/aromatic N) is 9. The van der Waals surface area contributed by atoms with Crippen molar-refractivity contribution in [2.45, 2.75) is 22.3 Å². The van der Waals surface area contributed by atoms with Gasteiger partial charge in [0.15, 0.2) is 41.3 Å². The molecule has 3 aromatic heterocycles. The molecule has 21 aromatic carbocycles. The first-order valence-electron chi connectivity index (χ1n) is 47.8. The highest BCUT2D eigenvalue weighted by Gasteiger charge is 2.46. The van der Waals surface area contributed by atoms with Crippen LogP contribution in [0.3, 0.4) is 0 Å². The van der Waals surface area contributed by atoms with Crippen LogP contribution in [0.2, 0.25) is 0 Å². The molecule has 0 N–H and O–H groups in total. The van der Waals surface area contributed by atoms with Gasteiger partial charge >= 0.3 is 0 Å². The Hall–Kier alpha value is -19.4. The van der Waals surface area contributed by atoms with Gasteiger partial charge in [-0.15, -0.1) is 0 Å². The van der Waals surface area contributed by atoms with E-state index in [2.05, 4.69) is 512 Å². The monoisotopic (exact) mass is 1930 g/mol. The summed E-state index contributed by atoms with van der Waals surface area (Å²) in [7, 11) is -8.51. The maximum atomic E-state index is 10.6. The van der Waals surface area contributed by atoms with E-state index in [-0.39, 0.29) is 22.3 Å². The van der Waals surface area contributed by atoms with Crippen molar-refractivity contribution in [2.24, 2.45) is 0 Å². The van der Waals surface area contributed by atoms with Crippen molar-refractivity contribution in [3.05, 3.63) is 585 Å². The molecule has 24 rings (SSSR count). The van der Waals surface area contributed by atoms with Crippen LogP contribution in [0.5, 0.6) is 0 Å². The average Bonchev–Trinajstić information content (AvgIpc) is 1.70. The fourth-order valence-electron chi connectivity index (χ4n) is 22.1. The highest BCUT2D eigenvalue weighted by Crippen LogP contribution is 2.44. The molecular formula is C135H99N9Si3. The summed E-state index contributed by atoms with van der Waals surface area (Å²) in [5.41, 5.74) is 16.6. The van der Waals surface area contributed by atoms with Crippen LogP contribution >= 0.6 is 0 Å². The van der Waals surface area contributed by atoms with Gasteiger partial charge in [0.2, 0.25) is 5.69 Å². The largest absolute Gasteiger partial charge is 0.311 e. The lowest BCUT2D eigenvalue weighted by molar-refractivity contribution is 1.16. The smallest absolute Gasteiger partial charge is 0.202 e. The lowest BCUT2D eigenvalue weighted by Crippen LogP contribution is -2.75. The predicted octanol–water partition coefficient (Wildman–Crippen LogP) is 27.3. The normalized spacial score (nSPS) is 11.1. The number of aromatic nitrogens is 3. The van der Waals surface area contributed by atoms with Crippen LogP contribution in [0.4, 0.5) is 22.7 Å². The Bertz CT molecular complexity index is 8790. The molecule has 24 aromatic rings. The van der Waals surface area contributed by atoms with Crippen LogP contribution in [0.15, 0.2) is 528 Å². The Morgan fingerprint density at radius 1 is 0.204 bits per heavy atom. The van der Waals surface area contributed by atoms with Crippen molar-refractivity contribution in [3.8, 4) is 62.6 Å². The summed E-state index contributed by atoms with van der Waals surface area (Å²) in [6.45, 7) is 33.0. The zero-order valence-electron chi connectivity index (χ0n) is 78.3. The van der Waals surface area contributed by atoms with E-state index < -0.39 is 24.2 Å². The number of para-hydroxylation sites is 6. The van der Waals surface area contributed by atoms with Gasteiger partial charge in [-0.05, 0) is 152 Å². The van der Waals surface area contributed by atoms with E-state index in [0.717, 1.165) is 99.0 Å². The van der Waals surface area contributed by atoms with Crippen LogP contribution in [-0.4, -0.2) is 37.9 Å². The third kappa shape index (κ3) is 16.7. The number of hydrogen-bond donors (Lipinski definition) is 0. The average molecular weight is 1930 g/mol. The molecule has 3 heterocycles. The zero-order chi connectivity index (χ0) is 97.5. The maximum absolute atomic E-state index is 10.6. The summed E-state index contributed by atoms with van der Waals surface area (Å²) in [5.74, 6) is 0. The van der Waals surface area contributed by atoms with Crippen LogP contribution in [-0.2, 0) is 0 Å². The number of fused-ring (bicyclic) bond motifs is 9. The Labute approximate surface area is 861 Å². The number of hydrogen-bond acceptors (Lipinski definition) is 2. The minimum Gasteiger partial charge on any atom is -0.311 e. The van der Waals surface area contributed by atoms with E-state index in [1.807, 2.05) is 60.7 Å². The summed E-state index contributed by atoms with van der Waals surface area (Å²) in [6, 6.07) is 189.